The van der Waals surface area contributed by atoms with E-state index in [-0.39, 0.29) is 11.7 Å². The molecule has 4 aromatic rings. The second-order valence-electron chi connectivity index (χ2n) is 6.02. The third-order valence-electron chi connectivity index (χ3n) is 4.32. The Labute approximate surface area is 166 Å². The lowest BCUT2D eigenvalue weighted by atomic mass is 10.1. The van der Waals surface area contributed by atoms with Crippen molar-refractivity contribution in [2.45, 2.75) is 12.1 Å². The average Bonchev–Trinajstić information content (AvgIpc) is 3.09. The number of hydrogen-bond donors (Lipinski definition) is 0. The van der Waals surface area contributed by atoms with Gasteiger partial charge in [0.1, 0.15) is 5.52 Å². The molecule has 0 radical (unpaired) electrons. The number of thioether (sulfide) groups is 1. The summed E-state index contributed by atoms with van der Waals surface area (Å²) in [6, 6.07) is 19.4. The van der Waals surface area contributed by atoms with Crippen molar-refractivity contribution >= 4 is 56.8 Å². The molecule has 3 aromatic carbocycles. The van der Waals surface area contributed by atoms with E-state index >= 15 is 0 Å². The number of nitrogens with zero attached hydrogens (tertiary/aromatic N) is 2. The van der Waals surface area contributed by atoms with Crippen LogP contribution in [0.25, 0.3) is 21.9 Å². The summed E-state index contributed by atoms with van der Waals surface area (Å²) in [5.74, 6) is 0.261. The summed E-state index contributed by atoms with van der Waals surface area (Å²) in [5.41, 5.74) is 2.28. The molecule has 136 valence electrons. The molecular weight excluding hydrogens is 380 g/mol. The summed E-state index contributed by atoms with van der Waals surface area (Å²) in [6.07, 6.45) is 0. The molecule has 0 unspecified atom stereocenters. The number of rotatable bonds is 5. The SMILES string of the molecule is CCN(C(=O)CSc1nc2cc(Cl)ccc2o1)c1cccc2ccccc12. The molecule has 1 heterocycles. The van der Waals surface area contributed by atoms with Crippen molar-refractivity contribution in [1.82, 2.24) is 4.98 Å². The highest BCUT2D eigenvalue weighted by Crippen LogP contribution is 2.29. The summed E-state index contributed by atoms with van der Waals surface area (Å²) in [4.78, 5) is 19.1. The third-order valence-corrected chi connectivity index (χ3v) is 5.37. The third kappa shape index (κ3) is 3.66. The number of aromatic nitrogens is 1. The zero-order chi connectivity index (χ0) is 18.8. The molecule has 27 heavy (non-hydrogen) atoms. The number of anilines is 1. The largest absolute Gasteiger partial charge is 0.431 e. The Kier molecular flexibility index (Phi) is 5.05. The van der Waals surface area contributed by atoms with Crippen LogP contribution in [0.5, 0.6) is 0 Å². The summed E-state index contributed by atoms with van der Waals surface area (Å²) < 4.78 is 5.69. The van der Waals surface area contributed by atoms with Gasteiger partial charge in [-0.25, -0.2) is 4.98 Å². The molecule has 0 bridgehead atoms. The van der Waals surface area contributed by atoms with Crippen molar-refractivity contribution in [2.24, 2.45) is 0 Å². The monoisotopic (exact) mass is 396 g/mol. The number of halogens is 1. The van der Waals surface area contributed by atoms with E-state index in [0.717, 1.165) is 16.5 Å². The number of hydrogen-bond acceptors (Lipinski definition) is 4. The van der Waals surface area contributed by atoms with E-state index < -0.39 is 0 Å². The standard InChI is InChI=1S/C21H17ClN2O2S/c1-2-24(18-9-5-7-14-6-3-4-8-16(14)18)20(25)13-27-21-23-17-12-15(22)10-11-19(17)26-21/h3-12H,2,13H2,1H3. The van der Waals surface area contributed by atoms with Crippen molar-refractivity contribution in [3.05, 3.63) is 65.7 Å². The Balaban J connectivity index is 1.54. The van der Waals surface area contributed by atoms with Crippen LogP contribution in [0.3, 0.4) is 0 Å². The molecule has 0 N–H and O–H groups in total. The van der Waals surface area contributed by atoms with E-state index in [1.807, 2.05) is 37.3 Å². The van der Waals surface area contributed by atoms with Crippen LogP contribution in [0.15, 0.2) is 70.3 Å². The van der Waals surface area contributed by atoms with E-state index in [0.29, 0.717) is 27.9 Å². The number of amides is 1. The highest BCUT2D eigenvalue weighted by atomic mass is 35.5. The smallest absolute Gasteiger partial charge is 0.257 e. The number of oxazole rings is 1. The van der Waals surface area contributed by atoms with Crippen molar-refractivity contribution in [2.75, 3.05) is 17.2 Å². The summed E-state index contributed by atoms with van der Waals surface area (Å²) in [5, 5.41) is 3.26. The van der Waals surface area contributed by atoms with Crippen LogP contribution in [0.1, 0.15) is 6.92 Å². The zero-order valence-electron chi connectivity index (χ0n) is 14.7. The Bertz CT molecular complexity index is 1120. The average molecular weight is 397 g/mol. The number of carbonyl (C=O) groups is 1. The fraction of sp³-hybridized carbons (Fsp3) is 0.143. The van der Waals surface area contributed by atoms with Crippen LogP contribution >= 0.6 is 23.4 Å². The molecule has 0 saturated carbocycles. The van der Waals surface area contributed by atoms with E-state index in [4.69, 9.17) is 16.0 Å². The Morgan fingerprint density at radius 2 is 1.96 bits per heavy atom. The minimum Gasteiger partial charge on any atom is -0.431 e. The van der Waals surface area contributed by atoms with Gasteiger partial charge in [-0.2, -0.15) is 0 Å². The predicted molar refractivity (Wildman–Crippen MR) is 112 cm³/mol. The molecule has 0 aliphatic carbocycles. The highest BCUT2D eigenvalue weighted by molar-refractivity contribution is 7.99. The van der Waals surface area contributed by atoms with Crippen LogP contribution in [0, 0.1) is 0 Å². The quantitative estimate of drug-likeness (QED) is 0.401. The van der Waals surface area contributed by atoms with Crippen molar-refractivity contribution in [3.63, 3.8) is 0 Å². The molecule has 4 nitrogen and oxygen atoms in total. The normalized spacial score (nSPS) is 11.2. The lowest BCUT2D eigenvalue weighted by molar-refractivity contribution is -0.116. The first-order chi connectivity index (χ1) is 13.2. The first-order valence-corrected chi connectivity index (χ1v) is 9.99. The van der Waals surface area contributed by atoms with Crippen molar-refractivity contribution in [3.8, 4) is 0 Å². The van der Waals surface area contributed by atoms with Gasteiger partial charge in [-0.1, -0.05) is 59.8 Å². The summed E-state index contributed by atoms with van der Waals surface area (Å²) in [6.45, 7) is 2.57. The van der Waals surface area contributed by atoms with E-state index in [1.54, 1.807) is 23.1 Å². The fourth-order valence-electron chi connectivity index (χ4n) is 3.07. The molecule has 0 fully saturated rings. The van der Waals surface area contributed by atoms with Gasteiger partial charge in [0.2, 0.25) is 5.91 Å². The predicted octanol–water partition coefficient (Wildman–Crippen LogP) is 5.78. The maximum absolute atomic E-state index is 12.9. The number of benzene rings is 3. The summed E-state index contributed by atoms with van der Waals surface area (Å²) in [7, 11) is 0. The van der Waals surface area contributed by atoms with E-state index in [1.165, 1.54) is 11.8 Å². The summed E-state index contributed by atoms with van der Waals surface area (Å²) >= 11 is 7.27. The number of fused-ring (bicyclic) bond motifs is 2. The molecule has 0 aliphatic rings. The van der Waals surface area contributed by atoms with Crippen LogP contribution < -0.4 is 4.90 Å². The minimum atomic E-state index is 0.0131. The van der Waals surface area contributed by atoms with Gasteiger partial charge in [0, 0.05) is 17.0 Å². The molecule has 1 amide bonds. The van der Waals surface area contributed by atoms with Gasteiger partial charge < -0.3 is 9.32 Å². The lowest BCUT2D eigenvalue weighted by Crippen LogP contribution is -2.32. The van der Waals surface area contributed by atoms with Gasteiger partial charge in [0.05, 0.1) is 11.4 Å². The van der Waals surface area contributed by atoms with Gasteiger partial charge >= 0.3 is 0 Å². The molecular formula is C21H17ClN2O2S. The van der Waals surface area contributed by atoms with Crippen LogP contribution in [0.2, 0.25) is 5.02 Å². The van der Waals surface area contributed by atoms with Gasteiger partial charge in [0.25, 0.3) is 5.22 Å². The molecule has 0 aliphatic heterocycles. The topological polar surface area (TPSA) is 46.3 Å². The fourth-order valence-corrected chi connectivity index (χ4v) is 3.95. The molecule has 0 saturated heterocycles. The van der Waals surface area contributed by atoms with Crippen molar-refractivity contribution < 1.29 is 9.21 Å². The van der Waals surface area contributed by atoms with Crippen LogP contribution in [0.4, 0.5) is 5.69 Å². The van der Waals surface area contributed by atoms with E-state index in [2.05, 4.69) is 17.1 Å². The lowest BCUT2D eigenvalue weighted by Gasteiger charge is -2.22. The van der Waals surface area contributed by atoms with Gasteiger partial charge in [-0.15, -0.1) is 0 Å². The van der Waals surface area contributed by atoms with E-state index in [9.17, 15) is 4.79 Å². The molecule has 1 aromatic heterocycles. The van der Waals surface area contributed by atoms with Crippen LogP contribution in [-0.4, -0.2) is 23.2 Å². The molecule has 6 heteroatoms. The Morgan fingerprint density at radius 1 is 1.15 bits per heavy atom. The first-order valence-electron chi connectivity index (χ1n) is 8.62. The van der Waals surface area contributed by atoms with Crippen LogP contribution in [-0.2, 0) is 4.79 Å². The van der Waals surface area contributed by atoms with Crippen molar-refractivity contribution in [1.29, 1.82) is 0 Å². The Morgan fingerprint density at radius 3 is 2.81 bits per heavy atom. The highest BCUT2D eigenvalue weighted by Gasteiger charge is 2.18. The second kappa shape index (κ2) is 7.62. The maximum atomic E-state index is 12.9. The number of carbonyl (C=O) groups excluding carboxylic acids is 1. The molecule has 0 spiro atoms. The molecule has 0 atom stereocenters. The van der Waals surface area contributed by atoms with Gasteiger partial charge in [-0.3, -0.25) is 4.79 Å². The first kappa shape index (κ1) is 17.9. The zero-order valence-corrected chi connectivity index (χ0v) is 16.3. The molecule has 4 rings (SSSR count). The van der Waals surface area contributed by atoms with Gasteiger partial charge in [0.15, 0.2) is 5.58 Å². The maximum Gasteiger partial charge on any atom is 0.257 e. The van der Waals surface area contributed by atoms with Gasteiger partial charge in [-0.05, 0) is 36.6 Å². The minimum absolute atomic E-state index is 0.0131. The second-order valence-corrected chi connectivity index (χ2v) is 7.38. The Hall–Kier alpha value is -2.50.